The Morgan fingerprint density at radius 3 is 2.29 bits per heavy atom. The Hall–Kier alpha value is -0.890. The van der Waals surface area contributed by atoms with Gasteiger partial charge in [-0.1, -0.05) is 25.5 Å². The lowest BCUT2D eigenvalue weighted by atomic mass is 10.2. The van der Waals surface area contributed by atoms with Crippen LogP contribution in [0, 0.1) is 0 Å². The third-order valence-electron chi connectivity index (χ3n) is 2.20. The quantitative estimate of drug-likeness (QED) is 0.714. The number of benzene rings is 1. The first-order chi connectivity index (χ1) is 6.73. The van der Waals surface area contributed by atoms with Crippen LogP contribution in [0.15, 0.2) is 24.3 Å². The number of hydrogen-bond acceptors (Lipinski definition) is 2. The number of alkyl halides is 1. The van der Waals surface area contributed by atoms with Gasteiger partial charge >= 0.3 is 5.25 Å². The van der Waals surface area contributed by atoms with Crippen molar-refractivity contribution < 1.29 is 9.47 Å². The second-order valence-corrected chi connectivity index (χ2v) is 3.99. The average Bonchev–Trinajstić information content (AvgIpc) is 2.51. The van der Waals surface area contributed by atoms with Crippen molar-refractivity contribution in [3.63, 3.8) is 0 Å². The minimum absolute atomic E-state index is 0.708. The highest BCUT2D eigenvalue weighted by atomic mass is 35.5. The monoisotopic (exact) mass is 212 g/mol. The fourth-order valence-corrected chi connectivity index (χ4v) is 1.76. The van der Waals surface area contributed by atoms with E-state index >= 15 is 0 Å². The molecule has 0 saturated heterocycles. The van der Waals surface area contributed by atoms with Gasteiger partial charge in [0.15, 0.2) is 11.5 Å². The van der Waals surface area contributed by atoms with Crippen molar-refractivity contribution in [2.24, 2.45) is 0 Å². The first-order valence-corrected chi connectivity index (χ1v) is 5.27. The van der Waals surface area contributed by atoms with Crippen molar-refractivity contribution in [2.45, 2.75) is 31.4 Å². The highest BCUT2D eigenvalue weighted by Crippen LogP contribution is 2.42. The molecule has 14 heavy (non-hydrogen) atoms. The molecule has 0 saturated carbocycles. The van der Waals surface area contributed by atoms with E-state index in [1.54, 1.807) is 0 Å². The van der Waals surface area contributed by atoms with Crippen molar-refractivity contribution in [1.29, 1.82) is 0 Å². The van der Waals surface area contributed by atoms with Gasteiger partial charge in [0.05, 0.1) is 0 Å². The number of halogens is 1. The van der Waals surface area contributed by atoms with E-state index in [0.29, 0.717) is 6.42 Å². The molecule has 2 nitrogen and oxygen atoms in total. The van der Waals surface area contributed by atoms with Crippen LogP contribution in [0.4, 0.5) is 0 Å². The van der Waals surface area contributed by atoms with E-state index in [1.165, 1.54) is 0 Å². The molecule has 2 rings (SSSR count). The lowest BCUT2D eigenvalue weighted by molar-refractivity contribution is -0.00578. The third kappa shape index (κ3) is 1.80. The summed E-state index contributed by atoms with van der Waals surface area (Å²) in [6.45, 7) is 2.11. The van der Waals surface area contributed by atoms with Crippen molar-refractivity contribution in [3.8, 4) is 11.5 Å². The molecule has 3 heteroatoms. The third-order valence-corrected chi connectivity index (χ3v) is 2.55. The first kappa shape index (κ1) is 9.66. The summed E-state index contributed by atoms with van der Waals surface area (Å²) in [5.74, 6) is 1.47. The van der Waals surface area contributed by atoms with Gasteiger partial charge in [0.2, 0.25) is 0 Å². The maximum absolute atomic E-state index is 6.17. The number of para-hydroxylation sites is 2. The van der Waals surface area contributed by atoms with Gasteiger partial charge in [-0.15, -0.1) is 0 Å². The molecule has 1 aromatic rings. The molecule has 0 fully saturated rings. The average molecular weight is 213 g/mol. The van der Waals surface area contributed by atoms with E-state index in [4.69, 9.17) is 21.1 Å². The summed E-state index contributed by atoms with van der Waals surface area (Å²) in [7, 11) is 0. The zero-order valence-corrected chi connectivity index (χ0v) is 8.88. The van der Waals surface area contributed by atoms with Crippen LogP contribution in [0.5, 0.6) is 11.5 Å². The Labute approximate surface area is 88.8 Å². The Kier molecular flexibility index (Phi) is 2.55. The lowest BCUT2D eigenvalue weighted by Gasteiger charge is -2.19. The Morgan fingerprint density at radius 2 is 1.79 bits per heavy atom. The molecule has 1 heterocycles. The minimum Gasteiger partial charge on any atom is -0.435 e. The van der Waals surface area contributed by atoms with Gasteiger partial charge in [-0.05, 0) is 30.2 Å². The molecule has 0 amide bonds. The smallest absolute Gasteiger partial charge is 0.332 e. The van der Waals surface area contributed by atoms with E-state index in [-0.39, 0.29) is 0 Å². The Morgan fingerprint density at radius 1 is 1.21 bits per heavy atom. The summed E-state index contributed by atoms with van der Waals surface area (Å²) < 4.78 is 11.1. The highest BCUT2D eigenvalue weighted by Gasteiger charge is 2.38. The van der Waals surface area contributed by atoms with Crippen LogP contribution >= 0.6 is 11.6 Å². The predicted molar refractivity (Wildman–Crippen MR) is 55.8 cm³/mol. The van der Waals surface area contributed by atoms with Crippen LogP contribution in [0.3, 0.4) is 0 Å². The van der Waals surface area contributed by atoms with E-state index in [0.717, 1.165) is 24.3 Å². The molecule has 0 atom stereocenters. The fourth-order valence-electron chi connectivity index (χ4n) is 1.46. The van der Waals surface area contributed by atoms with Crippen molar-refractivity contribution >= 4 is 11.6 Å². The van der Waals surface area contributed by atoms with Gasteiger partial charge in [-0.25, -0.2) is 0 Å². The normalized spacial score (nSPS) is 17.0. The maximum atomic E-state index is 6.17. The molecule has 0 N–H and O–H groups in total. The Bertz CT molecular complexity index is 300. The van der Waals surface area contributed by atoms with Crippen molar-refractivity contribution in [3.05, 3.63) is 24.3 Å². The molecule has 0 spiro atoms. The van der Waals surface area contributed by atoms with Crippen LogP contribution < -0.4 is 9.47 Å². The number of ether oxygens (including phenoxy) is 2. The molecule has 0 aromatic heterocycles. The molecule has 1 aliphatic rings. The van der Waals surface area contributed by atoms with Crippen LogP contribution in [0.2, 0.25) is 0 Å². The lowest BCUT2D eigenvalue weighted by Crippen LogP contribution is -2.31. The molecule has 0 radical (unpaired) electrons. The number of rotatable bonds is 3. The maximum Gasteiger partial charge on any atom is 0.332 e. The second-order valence-electron chi connectivity index (χ2n) is 3.41. The molecule has 0 bridgehead atoms. The van der Waals surface area contributed by atoms with Crippen LogP contribution in [0.1, 0.15) is 26.2 Å². The van der Waals surface area contributed by atoms with E-state index in [2.05, 4.69) is 6.92 Å². The number of unbranched alkanes of at least 4 members (excludes halogenated alkanes) is 1. The molecule has 1 aromatic carbocycles. The van der Waals surface area contributed by atoms with Crippen LogP contribution in [-0.4, -0.2) is 5.25 Å². The van der Waals surface area contributed by atoms with Crippen molar-refractivity contribution in [2.75, 3.05) is 0 Å². The molecular formula is C11H13ClO2. The minimum atomic E-state index is -0.973. The zero-order chi connectivity index (χ0) is 10.0. The second kappa shape index (κ2) is 3.70. The summed E-state index contributed by atoms with van der Waals surface area (Å²) in [6.07, 6.45) is 2.79. The fraction of sp³-hybridized carbons (Fsp3) is 0.455. The first-order valence-electron chi connectivity index (χ1n) is 4.89. The highest BCUT2D eigenvalue weighted by molar-refractivity contribution is 6.22. The van der Waals surface area contributed by atoms with Gasteiger partial charge in [0.25, 0.3) is 0 Å². The molecule has 0 unspecified atom stereocenters. The summed E-state index contributed by atoms with van der Waals surface area (Å²) in [5.41, 5.74) is 0. The largest absolute Gasteiger partial charge is 0.435 e. The van der Waals surface area contributed by atoms with Crippen LogP contribution in [0.25, 0.3) is 0 Å². The summed E-state index contributed by atoms with van der Waals surface area (Å²) in [5, 5.41) is -0.973. The van der Waals surface area contributed by atoms with E-state index < -0.39 is 5.25 Å². The molecule has 76 valence electrons. The van der Waals surface area contributed by atoms with Crippen LogP contribution in [-0.2, 0) is 0 Å². The predicted octanol–water partition coefficient (Wildman–Crippen LogP) is 3.54. The van der Waals surface area contributed by atoms with Gasteiger partial charge < -0.3 is 9.47 Å². The topological polar surface area (TPSA) is 18.5 Å². The van der Waals surface area contributed by atoms with Gasteiger partial charge in [0, 0.05) is 6.42 Å². The summed E-state index contributed by atoms with van der Waals surface area (Å²) >= 11 is 6.17. The van der Waals surface area contributed by atoms with E-state index in [1.807, 2.05) is 24.3 Å². The standard InChI is InChI=1S/C11H13ClO2/c1-2-3-8-11(12)13-9-6-4-5-7-10(9)14-11/h4-7H,2-3,8H2,1H3. The molecule has 1 aliphatic heterocycles. The SMILES string of the molecule is CCCCC1(Cl)Oc2ccccc2O1. The molecular weight excluding hydrogens is 200 g/mol. The zero-order valence-electron chi connectivity index (χ0n) is 8.13. The van der Waals surface area contributed by atoms with E-state index in [9.17, 15) is 0 Å². The summed E-state index contributed by atoms with van der Waals surface area (Å²) in [4.78, 5) is 0. The summed E-state index contributed by atoms with van der Waals surface area (Å²) in [6, 6.07) is 7.55. The van der Waals surface area contributed by atoms with Crippen molar-refractivity contribution in [1.82, 2.24) is 0 Å². The molecule has 0 aliphatic carbocycles. The number of fused-ring (bicyclic) bond motifs is 1. The van der Waals surface area contributed by atoms with Gasteiger partial charge in [-0.2, -0.15) is 0 Å². The number of hydrogen-bond donors (Lipinski definition) is 0. The Balaban J connectivity index is 2.09. The van der Waals surface area contributed by atoms with Gasteiger partial charge in [-0.3, -0.25) is 0 Å². The van der Waals surface area contributed by atoms with Gasteiger partial charge in [0.1, 0.15) is 0 Å².